The van der Waals surface area contributed by atoms with E-state index in [0.717, 1.165) is 4.68 Å². The molecule has 6 nitrogen and oxygen atoms in total. The molecule has 1 aromatic heterocycles. The van der Waals surface area contributed by atoms with Crippen LogP contribution in [-0.2, 0) is 0 Å². The molecule has 0 spiro atoms. The molecule has 0 radical (unpaired) electrons. The number of nitrogens with one attached hydrogen (secondary N) is 1. The number of nitrogen functional groups attached to an aromatic ring is 1. The molecule has 0 aliphatic carbocycles. The van der Waals surface area contributed by atoms with Crippen LogP contribution in [0.2, 0.25) is 0 Å². The predicted octanol–water partition coefficient (Wildman–Crippen LogP) is 0.362. The molecule has 0 fully saturated rings. The average molecular weight is 219 g/mol. The first kappa shape index (κ1) is 12.4. The summed E-state index contributed by atoms with van der Waals surface area (Å²) in [6.07, 6.45) is 0. The number of aromatic nitrogens is 2. The summed E-state index contributed by atoms with van der Waals surface area (Å²) < 4.78 is 1.10. The van der Waals surface area contributed by atoms with Crippen molar-refractivity contribution in [2.75, 3.05) is 0 Å². The maximum atomic E-state index is 10.7. The lowest BCUT2D eigenvalue weighted by Gasteiger charge is -1.98. The standard InChI is InChI=1S/C7H10N4O2.ClH/c1-3-5(6(12)13)4(2)11(10-3)7(8)9;/h1-2H3,(H3,8,9)(H,12,13);1H. The van der Waals surface area contributed by atoms with Crippen LogP contribution in [0, 0.1) is 19.3 Å². The molecule has 1 aromatic rings. The molecule has 0 atom stereocenters. The van der Waals surface area contributed by atoms with E-state index in [9.17, 15) is 4.79 Å². The van der Waals surface area contributed by atoms with Crippen LogP contribution < -0.4 is 5.73 Å². The third kappa shape index (κ3) is 1.85. The third-order valence-corrected chi connectivity index (χ3v) is 1.73. The molecule has 78 valence electrons. The van der Waals surface area contributed by atoms with E-state index in [0.29, 0.717) is 11.4 Å². The van der Waals surface area contributed by atoms with E-state index in [4.69, 9.17) is 16.2 Å². The van der Waals surface area contributed by atoms with Gasteiger partial charge in [0.05, 0.1) is 11.4 Å². The van der Waals surface area contributed by atoms with Crippen LogP contribution in [0.25, 0.3) is 0 Å². The Morgan fingerprint density at radius 3 is 2.29 bits per heavy atom. The number of hydrogen-bond donors (Lipinski definition) is 3. The van der Waals surface area contributed by atoms with E-state index >= 15 is 0 Å². The monoisotopic (exact) mass is 218 g/mol. The summed E-state index contributed by atoms with van der Waals surface area (Å²) in [4.78, 5) is 10.7. The highest BCUT2D eigenvalue weighted by molar-refractivity contribution is 5.91. The maximum Gasteiger partial charge on any atom is 0.339 e. The fourth-order valence-electron chi connectivity index (χ4n) is 1.19. The molecule has 7 heteroatoms. The number of hydrogen-bond acceptors (Lipinski definition) is 3. The molecule has 0 aliphatic rings. The Hall–Kier alpha value is -1.56. The molecule has 4 N–H and O–H groups in total. The number of halogens is 1. The molecule has 14 heavy (non-hydrogen) atoms. The van der Waals surface area contributed by atoms with Crippen molar-refractivity contribution in [1.82, 2.24) is 9.78 Å². The van der Waals surface area contributed by atoms with Crippen molar-refractivity contribution in [3.63, 3.8) is 0 Å². The topological polar surface area (TPSA) is 105 Å². The van der Waals surface area contributed by atoms with Crippen molar-refractivity contribution in [3.05, 3.63) is 17.0 Å². The Bertz CT molecular complexity index is 385. The Morgan fingerprint density at radius 1 is 1.57 bits per heavy atom. The lowest BCUT2D eigenvalue weighted by molar-refractivity contribution is 0.0695. The highest BCUT2D eigenvalue weighted by Gasteiger charge is 2.18. The molecule has 0 amide bonds. The normalized spacial score (nSPS) is 9.29. The van der Waals surface area contributed by atoms with Crippen LogP contribution in [-0.4, -0.2) is 26.8 Å². The van der Waals surface area contributed by atoms with E-state index in [2.05, 4.69) is 5.10 Å². The number of nitrogens with zero attached hydrogens (tertiary/aromatic N) is 2. The molecule has 0 unspecified atom stereocenters. The first-order chi connectivity index (χ1) is 5.95. The van der Waals surface area contributed by atoms with Crippen LogP contribution in [0.5, 0.6) is 0 Å². The molecular formula is C7H11ClN4O2. The number of carboxylic acids is 1. The third-order valence-electron chi connectivity index (χ3n) is 1.73. The summed E-state index contributed by atoms with van der Waals surface area (Å²) in [5.74, 6) is -1.34. The van der Waals surface area contributed by atoms with Crippen LogP contribution in [0.15, 0.2) is 0 Å². The van der Waals surface area contributed by atoms with Crippen molar-refractivity contribution < 1.29 is 9.90 Å². The summed E-state index contributed by atoms with van der Waals surface area (Å²) in [6.45, 7) is 3.13. The fourth-order valence-corrected chi connectivity index (χ4v) is 1.19. The molecule has 0 aromatic carbocycles. The van der Waals surface area contributed by atoms with Gasteiger partial charge in [-0.25, -0.2) is 9.48 Å². The quantitative estimate of drug-likeness (QED) is 0.468. The second-order valence-electron chi connectivity index (χ2n) is 2.65. The van der Waals surface area contributed by atoms with Gasteiger partial charge in [-0.1, -0.05) is 0 Å². The Balaban J connectivity index is 0.00000169. The number of carboxylic acid groups (broad SMARTS) is 1. The number of rotatable bonds is 1. The van der Waals surface area contributed by atoms with Crippen LogP contribution >= 0.6 is 12.4 Å². The first-order valence-corrected chi connectivity index (χ1v) is 3.59. The largest absolute Gasteiger partial charge is 0.478 e. The van der Waals surface area contributed by atoms with Gasteiger partial charge in [-0.3, -0.25) is 5.41 Å². The van der Waals surface area contributed by atoms with Gasteiger partial charge in [-0.05, 0) is 13.8 Å². The molecule has 1 heterocycles. The van der Waals surface area contributed by atoms with Crippen LogP contribution in [0.3, 0.4) is 0 Å². The van der Waals surface area contributed by atoms with E-state index in [1.165, 1.54) is 0 Å². The highest BCUT2D eigenvalue weighted by atomic mass is 35.5. The first-order valence-electron chi connectivity index (χ1n) is 3.59. The zero-order chi connectivity index (χ0) is 10.2. The van der Waals surface area contributed by atoms with Crippen molar-refractivity contribution in [2.45, 2.75) is 13.8 Å². The van der Waals surface area contributed by atoms with Gasteiger partial charge in [-0.2, -0.15) is 5.10 Å². The zero-order valence-electron chi connectivity index (χ0n) is 7.74. The molecule has 0 saturated heterocycles. The minimum atomic E-state index is -1.05. The molecule has 0 saturated carbocycles. The van der Waals surface area contributed by atoms with E-state index in [1.54, 1.807) is 13.8 Å². The van der Waals surface area contributed by atoms with Crippen molar-refractivity contribution in [2.24, 2.45) is 5.73 Å². The van der Waals surface area contributed by atoms with Gasteiger partial charge in [0.2, 0.25) is 5.96 Å². The van der Waals surface area contributed by atoms with Gasteiger partial charge >= 0.3 is 5.97 Å². The molecule has 1 rings (SSSR count). The number of carbonyl (C=O) groups is 1. The average Bonchev–Trinajstić information content (AvgIpc) is 2.26. The summed E-state index contributed by atoms with van der Waals surface area (Å²) in [6, 6.07) is 0. The van der Waals surface area contributed by atoms with Gasteiger partial charge < -0.3 is 10.8 Å². The van der Waals surface area contributed by atoms with Gasteiger partial charge in [0.25, 0.3) is 0 Å². The molecule has 0 bridgehead atoms. The van der Waals surface area contributed by atoms with E-state index in [-0.39, 0.29) is 23.9 Å². The summed E-state index contributed by atoms with van der Waals surface area (Å²) >= 11 is 0. The maximum absolute atomic E-state index is 10.7. The summed E-state index contributed by atoms with van der Waals surface area (Å²) in [5, 5.41) is 19.7. The number of aryl methyl sites for hydroxylation is 1. The summed E-state index contributed by atoms with van der Waals surface area (Å²) in [5.41, 5.74) is 6.03. The zero-order valence-corrected chi connectivity index (χ0v) is 8.55. The van der Waals surface area contributed by atoms with E-state index < -0.39 is 5.97 Å². The minimum absolute atomic E-state index is 0. The number of nitrogens with two attached hydrogens (primary N) is 1. The second kappa shape index (κ2) is 4.10. The number of aromatic carboxylic acids is 1. The molecule has 0 aliphatic heterocycles. The lowest BCUT2D eigenvalue weighted by atomic mass is 10.2. The fraction of sp³-hybridized carbons (Fsp3) is 0.286. The van der Waals surface area contributed by atoms with E-state index in [1.807, 2.05) is 0 Å². The predicted molar refractivity (Wildman–Crippen MR) is 53.2 cm³/mol. The second-order valence-corrected chi connectivity index (χ2v) is 2.65. The van der Waals surface area contributed by atoms with Crippen molar-refractivity contribution in [1.29, 1.82) is 5.41 Å². The Kier molecular flexibility index (Phi) is 3.64. The van der Waals surface area contributed by atoms with Crippen LogP contribution in [0.1, 0.15) is 21.7 Å². The highest BCUT2D eigenvalue weighted by Crippen LogP contribution is 2.11. The van der Waals surface area contributed by atoms with Gasteiger partial charge in [-0.15, -0.1) is 12.4 Å². The Morgan fingerprint density at radius 2 is 2.07 bits per heavy atom. The minimum Gasteiger partial charge on any atom is -0.478 e. The Labute approximate surface area is 86.6 Å². The SMILES string of the molecule is Cc1nn(C(=N)N)c(C)c1C(=O)O.Cl. The van der Waals surface area contributed by atoms with Gasteiger partial charge in [0.1, 0.15) is 5.56 Å². The van der Waals surface area contributed by atoms with Gasteiger partial charge in [0.15, 0.2) is 0 Å². The smallest absolute Gasteiger partial charge is 0.339 e. The van der Waals surface area contributed by atoms with Gasteiger partial charge in [0, 0.05) is 0 Å². The summed E-state index contributed by atoms with van der Waals surface area (Å²) in [7, 11) is 0. The van der Waals surface area contributed by atoms with Crippen LogP contribution in [0.4, 0.5) is 0 Å². The van der Waals surface area contributed by atoms with Crippen molar-refractivity contribution >= 4 is 24.3 Å². The van der Waals surface area contributed by atoms with Crippen molar-refractivity contribution in [3.8, 4) is 0 Å². The lowest BCUT2D eigenvalue weighted by Crippen LogP contribution is -2.23. The molecular weight excluding hydrogens is 208 g/mol.